The highest BCUT2D eigenvalue weighted by atomic mass is 16.1. The van der Waals surface area contributed by atoms with Crippen LogP contribution >= 0.6 is 0 Å². The number of benzene rings is 1. The van der Waals surface area contributed by atoms with Crippen LogP contribution in [0.4, 0.5) is 0 Å². The molecule has 1 heterocycles. The number of amides is 1. The Balaban J connectivity index is 1.60. The van der Waals surface area contributed by atoms with E-state index in [1.54, 1.807) is 0 Å². The van der Waals surface area contributed by atoms with Crippen molar-refractivity contribution in [3.63, 3.8) is 0 Å². The van der Waals surface area contributed by atoms with Gasteiger partial charge in [-0.3, -0.25) is 4.79 Å². The number of carbonyl (C=O) groups is 1. The summed E-state index contributed by atoms with van der Waals surface area (Å²) in [5.74, 6) is 1.59. The van der Waals surface area contributed by atoms with Gasteiger partial charge in [-0.2, -0.15) is 0 Å². The van der Waals surface area contributed by atoms with E-state index < -0.39 is 0 Å². The lowest BCUT2D eigenvalue weighted by molar-refractivity contribution is -0.121. The summed E-state index contributed by atoms with van der Waals surface area (Å²) >= 11 is 0. The zero-order chi connectivity index (χ0) is 16.7. The Morgan fingerprint density at radius 3 is 2.48 bits per heavy atom. The number of hydrogen-bond acceptors (Lipinski definition) is 2. The topological polar surface area (TPSA) is 32.3 Å². The number of nitrogens with one attached hydrogen (secondary N) is 1. The molecule has 0 bridgehead atoms. The third-order valence-electron chi connectivity index (χ3n) is 4.68. The maximum absolute atomic E-state index is 12.0. The van der Waals surface area contributed by atoms with Gasteiger partial charge in [-0.05, 0) is 56.7 Å². The van der Waals surface area contributed by atoms with Crippen molar-refractivity contribution in [1.29, 1.82) is 0 Å². The highest BCUT2D eigenvalue weighted by Crippen LogP contribution is 2.17. The van der Waals surface area contributed by atoms with E-state index in [0.29, 0.717) is 12.3 Å². The number of nitrogens with zero attached hydrogens (tertiary/aromatic N) is 1. The van der Waals surface area contributed by atoms with Crippen molar-refractivity contribution in [3.05, 3.63) is 35.4 Å². The van der Waals surface area contributed by atoms with Crippen LogP contribution in [0.15, 0.2) is 24.3 Å². The summed E-state index contributed by atoms with van der Waals surface area (Å²) in [6, 6.07) is 8.45. The average molecular weight is 316 g/mol. The van der Waals surface area contributed by atoms with Crippen molar-refractivity contribution in [2.75, 3.05) is 26.2 Å². The molecule has 1 aromatic rings. The molecule has 1 N–H and O–H groups in total. The monoisotopic (exact) mass is 316 g/mol. The summed E-state index contributed by atoms with van der Waals surface area (Å²) in [5.41, 5.74) is 2.51. The van der Waals surface area contributed by atoms with Crippen LogP contribution in [0.3, 0.4) is 0 Å². The van der Waals surface area contributed by atoms with Gasteiger partial charge in [0.2, 0.25) is 5.91 Å². The van der Waals surface area contributed by atoms with E-state index in [4.69, 9.17) is 0 Å². The van der Waals surface area contributed by atoms with Crippen LogP contribution in [0, 0.1) is 18.8 Å². The van der Waals surface area contributed by atoms with Gasteiger partial charge in [0.15, 0.2) is 0 Å². The van der Waals surface area contributed by atoms with Crippen LogP contribution < -0.4 is 5.32 Å². The van der Waals surface area contributed by atoms with E-state index in [9.17, 15) is 4.79 Å². The lowest BCUT2D eigenvalue weighted by Gasteiger charge is -2.33. The van der Waals surface area contributed by atoms with Crippen LogP contribution in [0.1, 0.15) is 44.2 Å². The first-order valence-electron chi connectivity index (χ1n) is 9.07. The normalized spacial score (nSPS) is 16.7. The Bertz CT molecular complexity index is 473. The molecule has 1 saturated heterocycles. The molecule has 0 atom stereocenters. The predicted octanol–water partition coefficient (Wildman–Crippen LogP) is 3.41. The van der Waals surface area contributed by atoms with Gasteiger partial charge in [0.1, 0.15) is 0 Å². The second-order valence-electron chi connectivity index (χ2n) is 7.43. The van der Waals surface area contributed by atoms with Gasteiger partial charge in [-0.25, -0.2) is 0 Å². The van der Waals surface area contributed by atoms with E-state index in [-0.39, 0.29) is 5.91 Å². The lowest BCUT2D eigenvalue weighted by atomic mass is 9.96. The van der Waals surface area contributed by atoms with Gasteiger partial charge in [-0.1, -0.05) is 43.7 Å². The first kappa shape index (κ1) is 18.0. The molecule has 1 aliphatic heterocycles. The fraction of sp³-hybridized carbons (Fsp3) is 0.650. The van der Waals surface area contributed by atoms with E-state index >= 15 is 0 Å². The number of hydrogen-bond donors (Lipinski definition) is 1. The summed E-state index contributed by atoms with van der Waals surface area (Å²) in [7, 11) is 0. The molecule has 2 rings (SSSR count). The fourth-order valence-corrected chi connectivity index (χ4v) is 3.25. The molecule has 0 radical (unpaired) electrons. The number of carbonyl (C=O) groups excluding carboxylic acids is 1. The first-order valence-corrected chi connectivity index (χ1v) is 9.07. The van der Waals surface area contributed by atoms with Crippen LogP contribution in [0.2, 0.25) is 0 Å². The second kappa shape index (κ2) is 9.07. The molecule has 3 heteroatoms. The third kappa shape index (κ3) is 6.74. The molecule has 1 aliphatic rings. The molecule has 0 saturated carbocycles. The van der Waals surface area contributed by atoms with Crippen molar-refractivity contribution < 1.29 is 4.79 Å². The fourth-order valence-electron chi connectivity index (χ4n) is 3.25. The number of rotatable bonds is 7. The minimum Gasteiger partial charge on any atom is -0.356 e. The predicted molar refractivity (Wildman–Crippen MR) is 96.5 cm³/mol. The number of piperidine rings is 1. The molecule has 1 aromatic carbocycles. The maximum Gasteiger partial charge on any atom is 0.220 e. The molecule has 0 unspecified atom stereocenters. The van der Waals surface area contributed by atoms with Gasteiger partial charge in [-0.15, -0.1) is 0 Å². The molecule has 1 fully saturated rings. The number of likely N-dealkylation sites (tertiary alicyclic amines) is 1. The van der Waals surface area contributed by atoms with E-state index in [0.717, 1.165) is 18.9 Å². The average Bonchev–Trinajstić information content (AvgIpc) is 2.53. The van der Waals surface area contributed by atoms with Crippen LogP contribution in [0.25, 0.3) is 0 Å². The molecular weight excluding hydrogens is 284 g/mol. The quantitative estimate of drug-likeness (QED) is 0.836. The van der Waals surface area contributed by atoms with Gasteiger partial charge in [0.25, 0.3) is 0 Å². The highest BCUT2D eigenvalue weighted by molar-refractivity contribution is 5.76. The Kier molecular flexibility index (Phi) is 7.10. The zero-order valence-electron chi connectivity index (χ0n) is 15.0. The Morgan fingerprint density at radius 1 is 1.22 bits per heavy atom. The van der Waals surface area contributed by atoms with E-state index in [2.05, 4.69) is 55.3 Å². The largest absolute Gasteiger partial charge is 0.356 e. The molecular formula is C20H32N2O. The maximum atomic E-state index is 12.0. The summed E-state index contributed by atoms with van der Waals surface area (Å²) < 4.78 is 0. The zero-order valence-corrected chi connectivity index (χ0v) is 15.0. The SMILES string of the molecule is Cc1ccc(CCC(=O)NCC2CCN(CC(C)C)CC2)cc1. The standard InChI is InChI=1S/C20H32N2O/c1-16(2)15-22-12-10-19(11-13-22)14-21-20(23)9-8-18-6-4-17(3)5-7-18/h4-7,16,19H,8-15H2,1-3H3,(H,21,23). The molecule has 128 valence electrons. The van der Waals surface area contributed by atoms with Crippen LogP contribution in [-0.4, -0.2) is 37.0 Å². The molecule has 0 aliphatic carbocycles. The Morgan fingerprint density at radius 2 is 1.87 bits per heavy atom. The molecule has 1 amide bonds. The van der Waals surface area contributed by atoms with Gasteiger partial charge >= 0.3 is 0 Å². The van der Waals surface area contributed by atoms with E-state index in [1.165, 1.54) is 43.6 Å². The summed E-state index contributed by atoms with van der Waals surface area (Å²) in [6.07, 6.45) is 3.85. The Labute approximate surface area is 141 Å². The minimum absolute atomic E-state index is 0.190. The second-order valence-corrected chi connectivity index (χ2v) is 7.43. The smallest absolute Gasteiger partial charge is 0.220 e. The van der Waals surface area contributed by atoms with Crippen molar-refractivity contribution in [1.82, 2.24) is 10.2 Å². The lowest BCUT2D eigenvalue weighted by Crippen LogP contribution is -2.40. The van der Waals surface area contributed by atoms with Crippen molar-refractivity contribution in [2.45, 2.75) is 46.5 Å². The van der Waals surface area contributed by atoms with Crippen LogP contribution in [-0.2, 0) is 11.2 Å². The van der Waals surface area contributed by atoms with Gasteiger partial charge in [0.05, 0.1) is 0 Å². The Hall–Kier alpha value is -1.35. The minimum atomic E-state index is 0.190. The van der Waals surface area contributed by atoms with Gasteiger partial charge < -0.3 is 10.2 Å². The number of aryl methyl sites for hydroxylation is 2. The first-order chi connectivity index (χ1) is 11.0. The third-order valence-corrected chi connectivity index (χ3v) is 4.68. The summed E-state index contributed by atoms with van der Waals surface area (Å²) in [5, 5.41) is 3.13. The summed E-state index contributed by atoms with van der Waals surface area (Å²) in [4.78, 5) is 14.6. The molecule has 23 heavy (non-hydrogen) atoms. The van der Waals surface area contributed by atoms with Crippen molar-refractivity contribution >= 4 is 5.91 Å². The van der Waals surface area contributed by atoms with Gasteiger partial charge in [0, 0.05) is 19.5 Å². The molecule has 3 nitrogen and oxygen atoms in total. The molecule has 0 aromatic heterocycles. The van der Waals surface area contributed by atoms with Crippen molar-refractivity contribution in [3.8, 4) is 0 Å². The summed E-state index contributed by atoms with van der Waals surface area (Å²) in [6.45, 7) is 11.1. The van der Waals surface area contributed by atoms with Crippen LogP contribution in [0.5, 0.6) is 0 Å². The van der Waals surface area contributed by atoms with E-state index in [1.807, 2.05) is 0 Å². The highest BCUT2D eigenvalue weighted by Gasteiger charge is 2.19. The molecule has 0 spiro atoms. The van der Waals surface area contributed by atoms with Crippen molar-refractivity contribution in [2.24, 2.45) is 11.8 Å².